The molecule has 1 aliphatic rings. The van der Waals surface area contributed by atoms with Gasteiger partial charge in [-0.3, -0.25) is 4.79 Å². The molecule has 2 rings (SSSR count). The Morgan fingerprint density at radius 2 is 2.33 bits per heavy atom. The van der Waals surface area contributed by atoms with Crippen molar-refractivity contribution in [2.24, 2.45) is 11.7 Å². The molecule has 1 fully saturated rings. The maximum atomic E-state index is 11.9. The summed E-state index contributed by atoms with van der Waals surface area (Å²) in [5.41, 5.74) is 5.89. The molecule has 3 N–H and O–H groups in total. The molecule has 3 nitrogen and oxygen atoms in total. The van der Waals surface area contributed by atoms with E-state index in [0.29, 0.717) is 0 Å². The fourth-order valence-electron chi connectivity index (χ4n) is 2.37. The highest BCUT2D eigenvalue weighted by molar-refractivity contribution is 7.09. The quantitative estimate of drug-likeness (QED) is 0.893. The van der Waals surface area contributed by atoms with Crippen LogP contribution in [-0.4, -0.2) is 18.5 Å². The Morgan fingerprint density at radius 3 is 3.00 bits per heavy atom. The SMILES string of the molecule is Cl.NC1CCCC(C(=O)NCCc2cccs2)C1. The average molecular weight is 289 g/mol. The number of nitrogens with one attached hydrogen (secondary N) is 1. The fourth-order valence-corrected chi connectivity index (χ4v) is 3.08. The van der Waals surface area contributed by atoms with E-state index in [-0.39, 0.29) is 30.3 Å². The molecule has 102 valence electrons. The highest BCUT2D eigenvalue weighted by atomic mass is 35.5. The lowest BCUT2D eigenvalue weighted by Gasteiger charge is -2.25. The van der Waals surface area contributed by atoms with Crippen molar-refractivity contribution in [2.45, 2.75) is 38.1 Å². The lowest BCUT2D eigenvalue weighted by molar-refractivity contribution is -0.126. The van der Waals surface area contributed by atoms with Gasteiger partial charge in [0, 0.05) is 23.4 Å². The summed E-state index contributed by atoms with van der Waals surface area (Å²) in [6, 6.07) is 4.37. The van der Waals surface area contributed by atoms with Crippen molar-refractivity contribution in [2.75, 3.05) is 6.54 Å². The van der Waals surface area contributed by atoms with Crippen LogP contribution in [0.2, 0.25) is 0 Å². The van der Waals surface area contributed by atoms with Gasteiger partial charge in [0.05, 0.1) is 0 Å². The predicted octanol–water partition coefficient (Wildman–Crippen LogP) is 2.35. The Hall–Kier alpha value is -0.580. The van der Waals surface area contributed by atoms with Crippen LogP contribution >= 0.6 is 23.7 Å². The lowest BCUT2D eigenvalue weighted by atomic mass is 9.85. The first kappa shape index (κ1) is 15.5. The minimum absolute atomic E-state index is 0. The molecule has 2 atom stereocenters. The van der Waals surface area contributed by atoms with E-state index in [1.54, 1.807) is 11.3 Å². The minimum Gasteiger partial charge on any atom is -0.356 e. The van der Waals surface area contributed by atoms with Crippen molar-refractivity contribution in [3.05, 3.63) is 22.4 Å². The molecule has 0 saturated heterocycles. The van der Waals surface area contributed by atoms with Crippen LogP contribution in [0.15, 0.2) is 17.5 Å². The Bertz CT molecular complexity index is 356. The van der Waals surface area contributed by atoms with Gasteiger partial charge in [0.15, 0.2) is 0 Å². The molecular formula is C13H21ClN2OS. The summed E-state index contributed by atoms with van der Waals surface area (Å²) in [5, 5.41) is 5.09. The third-order valence-electron chi connectivity index (χ3n) is 3.34. The zero-order chi connectivity index (χ0) is 12.1. The molecule has 0 aromatic carbocycles. The smallest absolute Gasteiger partial charge is 0.223 e. The number of thiophene rings is 1. The van der Waals surface area contributed by atoms with Crippen LogP contribution in [-0.2, 0) is 11.2 Å². The van der Waals surface area contributed by atoms with Gasteiger partial charge in [0.2, 0.25) is 5.91 Å². The number of hydrogen-bond acceptors (Lipinski definition) is 3. The summed E-state index contributed by atoms with van der Waals surface area (Å²) in [5.74, 6) is 0.332. The van der Waals surface area contributed by atoms with E-state index in [4.69, 9.17) is 5.73 Å². The lowest BCUT2D eigenvalue weighted by Crippen LogP contribution is -2.38. The second-order valence-corrected chi connectivity index (χ2v) is 5.78. The Balaban J connectivity index is 0.00000162. The first-order valence-electron chi connectivity index (χ1n) is 6.31. The van der Waals surface area contributed by atoms with Crippen molar-refractivity contribution in [3.63, 3.8) is 0 Å². The topological polar surface area (TPSA) is 55.1 Å². The zero-order valence-corrected chi connectivity index (χ0v) is 12.1. The average Bonchev–Trinajstić information content (AvgIpc) is 2.82. The van der Waals surface area contributed by atoms with Crippen molar-refractivity contribution >= 4 is 29.7 Å². The van der Waals surface area contributed by atoms with Crippen molar-refractivity contribution < 1.29 is 4.79 Å². The zero-order valence-electron chi connectivity index (χ0n) is 10.4. The van der Waals surface area contributed by atoms with Gasteiger partial charge in [0.1, 0.15) is 0 Å². The van der Waals surface area contributed by atoms with Gasteiger partial charge in [0.25, 0.3) is 0 Å². The normalized spacial score (nSPS) is 23.2. The fraction of sp³-hybridized carbons (Fsp3) is 0.615. The number of nitrogens with two attached hydrogens (primary N) is 1. The molecule has 0 radical (unpaired) electrons. The number of hydrogen-bond donors (Lipinski definition) is 2. The third kappa shape index (κ3) is 4.59. The standard InChI is InChI=1S/C13H20N2OS.ClH/c14-11-4-1-3-10(9-11)13(16)15-7-6-12-5-2-8-17-12;/h2,5,8,10-11H,1,3-4,6-7,9,14H2,(H,15,16);1H. The van der Waals surface area contributed by atoms with E-state index in [2.05, 4.69) is 16.8 Å². The molecule has 1 aromatic rings. The number of carbonyl (C=O) groups excluding carboxylic acids is 1. The van der Waals surface area contributed by atoms with Crippen LogP contribution in [0.5, 0.6) is 0 Å². The maximum Gasteiger partial charge on any atom is 0.223 e. The minimum atomic E-state index is 0. The molecular weight excluding hydrogens is 268 g/mol. The first-order chi connectivity index (χ1) is 8.25. The molecule has 18 heavy (non-hydrogen) atoms. The summed E-state index contributed by atoms with van der Waals surface area (Å²) in [7, 11) is 0. The van der Waals surface area contributed by atoms with Crippen LogP contribution in [0.25, 0.3) is 0 Å². The predicted molar refractivity (Wildman–Crippen MR) is 78.2 cm³/mol. The molecule has 1 heterocycles. The van der Waals surface area contributed by atoms with Crippen LogP contribution in [0.1, 0.15) is 30.6 Å². The van der Waals surface area contributed by atoms with E-state index in [1.807, 2.05) is 6.07 Å². The molecule has 0 bridgehead atoms. The van der Waals surface area contributed by atoms with Crippen molar-refractivity contribution in [1.29, 1.82) is 0 Å². The number of amides is 1. The van der Waals surface area contributed by atoms with E-state index in [0.717, 1.165) is 38.6 Å². The second kappa shape index (κ2) is 7.77. The number of halogens is 1. The monoisotopic (exact) mass is 288 g/mol. The molecule has 1 aliphatic carbocycles. The van der Waals surface area contributed by atoms with Crippen LogP contribution in [0.3, 0.4) is 0 Å². The van der Waals surface area contributed by atoms with Gasteiger partial charge in [-0.1, -0.05) is 12.5 Å². The highest BCUT2D eigenvalue weighted by Crippen LogP contribution is 2.23. The molecule has 1 amide bonds. The molecule has 1 aromatic heterocycles. The largest absolute Gasteiger partial charge is 0.356 e. The molecule has 0 spiro atoms. The summed E-state index contributed by atoms with van der Waals surface area (Å²) in [6.07, 6.45) is 4.94. The van der Waals surface area contributed by atoms with Gasteiger partial charge in [-0.15, -0.1) is 23.7 Å². The Labute approximate surface area is 119 Å². The highest BCUT2D eigenvalue weighted by Gasteiger charge is 2.24. The summed E-state index contributed by atoms with van der Waals surface area (Å²) in [6.45, 7) is 0.741. The van der Waals surface area contributed by atoms with Gasteiger partial charge in [-0.05, 0) is 37.1 Å². The van der Waals surface area contributed by atoms with Crippen molar-refractivity contribution in [1.82, 2.24) is 5.32 Å². The second-order valence-electron chi connectivity index (χ2n) is 4.74. The number of rotatable bonds is 4. The molecule has 2 unspecified atom stereocenters. The Kier molecular flexibility index (Phi) is 6.68. The molecule has 1 saturated carbocycles. The van der Waals surface area contributed by atoms with Gasteiger partial charge in [-0.25, -0.2) is 0 Å². The summed E-state index contributed by atoms with van der Waals surface area (Å²) in [4.78, 5) is 13.2. The summed E-state index contributed by atoms with van der Waals surface area (Å²) < 4.78 is 0. The first-order valence-corrected chi connectivity index (χ1v) is 7.19. The van der Waals surface area contributed by atoms with E-state index in [1.165, 1.54) is 4.88 Å². The third-order valence-corrected chi connectivity index (χ3v) is 4.27. The van der Waals surface area contributed by atoms with Gasteiger partial charge < -0.3 is 11.1 Å². The van der Waals surface area contributed by atoms with Gasteiger partial charge in [-0.2, -0.15) is 0 Å². The van der Waals surface area contributed by atoms with Gasteiger partial charge >= 0.3 is 0 Å². The molecule has 5 heteroatoms. The Morgan fingerprint density at radius 1 is 1.50 bits per heavy atom. The molecule has 0 aliphatic heterocycles. The number of carbonyl (C=O) groups is 1. The van der Waals surface area contributed by atoms with Crippen molar-refractivity contribution in [3.8, 4) is 0 Å². The van der Waals surface area contributed by atoms with Crippen LogP contribution < -0.4 is 11.1 Å². The van der Waals surface area contributed by atoms with E-state index in [9.17, 15) is 4.79 Å². The maximum absolute atomic E-state index is 11.9. The van der Waals surface area contributed by atoms with E-state index >= 15 is 0 Å². The van der Waals surface area contributed by atoms with E-state index < -0.39 is 0 Å². The van der Waals surface area contributed by atoms with Crippen LogP contribution in [0.4, 0.5) is 0 Å². The van der Waals surface area contributed by atoms with Crippen LogP contribution in [0, 0.1) is 5.92 Å². The summed E-state index contributed by atoms with van der Waals surface area (Å²) >= 11 is 1.74.